The maximum atomic E-state index is 11.7. The van der Waals surface area contributed by atoms with Crippen molar-refractivity contribution in [2.45, 2.75) is 74.3 Å². The standard InChI is InChI=1S/C12H22N2O6.C5H10N2O5/c13-10(18)8(16)7(15)9(17)12(11(14)19)5-3-1-2-4-6-20-12;6-4(11)2(9)1(8)3(10)5(7)12/h7-9,15-17H,1-6H2,(H2,13,18)(H2,14,19);1-3,8-10H,(H2,6,11)(H2,7,12)/t7-,8+,9+,12-;1?,2-,3+/m1./s1. The molecule has 0 bridgehead atoms. The summed E-state index contributed by atoms with van der Waals surface area (Å²) in [6.45, 7) is 0.194. The average Bonchev–Trinajstić information content (AvgIpc) is 2.70. The molecule has 0 aromatic heterocycles. The van der Waals surface area contributed by atoms with Crippen LogP contribution in [0.25, 0.3) is 0 Å². The largest absolute Gasteiger partial charge is 0.387 e. The van der Waals surface area contributed by atoms with E-state index in [1.165, 1.54) is 0 Å². The zero-order valence-corrected chi connectivity index (χ0v) is 17.2. The molecular weight excluding hydrogens is 436 g/mol. The number of aliphatic hydroxyl groups excluding tert-OH is 6. The lowest BCUT2D eigenvalue weighted by Crippen LogP contribution is -2.62. The first-order valence-electron chi connectivity index (χ1n) is 9.60. The van der Waals surface area contributed by atoms with Crippen LogP contribution in [0.2, 0.25) is 0 Å². The van der Waals surface area contributed by atoms with Crippen molar-refractivity contribution in [3.63, 3.8) is 0 Å². The summed E-state index contributed by atoms with van der Waals surface area (Å²) in [5, 5.41) is 55.6. The second-order valence-corrected chi connectivity index (χ2v) is 7.23. The minimum Gasteiger partial charge on any atom is -0.387 e. The first-order chi connectivity index (χ1) is 14.7. The van der Waals surface area contributed by atoms with Crippen LogP contribution in [0.1, 0.15) is 32.1 Å². The number of rotatable bonds is 9. The molecular formula is C17H32N4O11. The molecule has 32 heavy (non-hydrogen) atoms. The van der Waals surface area contributed by atoms with Crippen LogP contribution in [0.3, 0.4) is 0 Å². The summed E-state index contributed by atoms with van der Waals surface area (Å²) in [7, 11) is 0. The third-order valence-electron chi connectivity index (χ3n) is 4.87. The van der Waals surface area contributed by atoms with Crippen LogP contribution in [-0.4, -0.2) is 103 Å². The molecule has 1 rings (SSSR count). The quantitative estimate of drug-likeness (QED) is 0.152. The van der Waals surface area contributed by atoms with E-state index < -0.39 is 65.9 Å². The highest BCUT2D eigenvalue weighted by molar-refractivity contribution is 5.85. The van der Waals surface area contributed by atoms with E-state index in [0.29, 0.717) is 12.8 Å². The van der Waals surface area contributed by atoms with E-state index in [4.69, 9.17) is 31.5 Å². The summed E-state index contributed by atoms with van der Waals surface area (Å²) in [5.41, 5.74) is 17.5. The topological polar surface area (TPSA) is 303 Å². The number of primary amides is 4. The maximum absolute atomic E-state index is 11.7. The summed E-state index contributed by atoms with van der Waals surface area (Å²) >= 11 is 0. The normalized spacial score (nSPS) is 24.7. The van der Waals surface area contributed by atoms with Gasteiger partial charge in [0.15, 0.2) is 23.9 Å². The Kier molecular flexibility index (Phi) is 12.2. The van der Waals surface area contributed by atoms with Crippen molar-refractivity contribution < 1.29 is 54.6 Å². The third kappa shape index (κ3) is 7.94. The molecule has 0 aromatic carbocycles. The smallest absolute Gasteiger partial charge is 0.252 e. The molecule has 1 aliphatic rings. The molecule has 186 valence electrons. The summed E-state index contributed by atoms with van der Waals surface area (Å²) in [6, 6.07) is 0. The van der Waals surface area contributed by atoms with Gasteiger partial charge in [0.2, 0.25) is 17.7 Å². The molecule has 0 spiro atoms. The first kappa shape index (κ1) is 29.6. The van der Waals surface area contributed by atoms with E-state index in [1.54, 1.807) is 0 Å². The first-order valence-corrected chi connectivity index (χ1v) is 9.60. The van der Waals surface area contributed by atoms with Crippen molar-refractivity contribution in [1.29, 1.82) is 0 Å². The van der Waals surface area contributed by atoms with Crippen LogP contribution < -0.4 is 22.9 Å². The van der Waals surface area contributed by atoms with Gasteiger partial charge in [0, 0.05) is 6.61 Å². The van der Waals surface area contributed by atoms with Crippen molar-refractivity contribution in [3.8, 4) is 0 Å². The molecule has 0 aromatic rings. The fourth-order valence-electron chi connectivity index (χ4n) is 2.87. The second kappa shape index (κ2) is 13.2. The van der Waals surface area contributed by atoms with E-state index in [0.717, 1.165) is 12.8 Å². The third-order valence-corrected chi connectivity index (χ3v) is 4.87. The lowest BCUT2D eigenvalue weighted by molar-refractivity contribution is -0.192. The minimum absolute atomic E-state index is 0.103. The highest BCUT2D eigenvalue weighted by Gasteiger charge is 2.50. The van der Waals surface area contributed by atoms with Gasteiger partial charge in [-0.15, -0.1) is 0 Å². The Bertz CT molecular complexity index is 634. The number of amides is 4. The molecule has 1 saturated heterocycles. The predicted octanol–water partition coefficient (Wildman–Crippen LogP) is -6.20. The fourth-order valence-corrected chi connectivity index (χ4v) is 2.87. The maximum Gasteiger partial charge on any atom is 0.252 e. The van der Waals surface area contributed by atoms with Crippen LogP contribution in [0.4, 0.5) is 0 Å². The molecule has 1 aliphatic heterocycles. The number of carbonyl (C=O) groups is 4. The molecule has 0 radical (unpaired) electrons. The number of aliphatic hydroxyl groups is 6. The Morgan fingerprint density at radius 2 is 1.06 bits per heavy atom. The van der Waals surface area contributed by atoms with Gasteiger partial charge in [-0.3, -0.25) is 19.2 Å². The molecule has 0 aliphatic carbocycles. The zero-order chi connectivity index (χ0) is 25.2. The van der Waals surface area contributed by atoms with Crippen molar-refractivity contribution in [3.05, 3.63) is 0 Å². The summed E-state index contributed by atoms with van der Waals surface area (Å²) < 4.78 is 5.40. The SMILES string of the molecule is NC(=O)[C@@H](O)C(O)[C@@H](O)C(N)=O.NC(=O)[C@@H](O)[C@@H](O)[C@H](O)[C@@]1(C(N)=O)CCCCCCO1. The molecule has 7 atom stereocenters. The van der Waals surface area contributed by atoms with Crippen molar-refractivity contribution >= 4 is 23.6 Å². The summed E-state index contributed by atoms with van der Waals surface area (Å²) in [5.74, 6) is -4.64. The van der Waals surface area contributed by atoms with Crippen molar-refractivity contribution in [2.75, 3.05) is 6.61 Å². The molecule has 15 nitrogen and oxygen atoms in total. The van der Waals surface area contributed by atoms with Gasteiger partial charge in [-0.05, 0) is 19.3 Å². The highest BCUT2D eigenvalue weighted by Crippen LogP contribution is 2.29. The molecule has 4 amide bonds. The van der Waals surface area contributed by atoms with Gasteiger partial charge in [-0.1, -0.05) is 12.8 Å². The van der Waals surface area contributed by atoms with Crippen molar-refractivity contribution in [1.82, 2.24) is 0 Å². The average molecular weight is 468 g/mol. The van der Waals surface area contributed by atoms with Crippen LogP contribution in [0.15, 0.2) is 0 Å². The lowest BCUT2D eigenvalue weighted by Gasteiger charge is -2.39. The van der Waals surface area contributed by atoms with Gasteiger partial charge >= 0.3 is 0 Å². The van der Waals surface area contributed by atoms with Crippen LogP contribution >= 0.6 is 0 Å². The van der Waals surface area contributed by atoms with Gasteiger partial charge in [-0.2, -0.15) is 0 Å². The number of nitrogens with two attached hydrogens (primary N) is 4. The Morgan fingerprint density at radius 1 is 0.656 bits per heavy atom. The molecule has 1 unspecified atom stereocenters. The van der Waals surface area contributed by atoms with Crippen LogP contribution in [0, 0.1) is 0 Å². The Labute approximate surface area is 182 Å². The molecule has 14 N–H and O–H groups in total. The second-order valence-electron chi connectivity index (χ2n) is 7.23. The highest BCUT2D eigenvalue weighted by atomic mass is 16.5. The van der Waals surface area contributed by atoms with Gasteiger partial charge in [-0.25, -0.2) is 0 Å². The van der Waals surface area contributed by atoms with Crippen LogP contribution in [0.5, 0.6) is 0 Å². The Balaban J connectivity index is 0.000000687. The Hall–Kier alpha value is -2.40. The number of ether oxygens (including phenoxy) is 1. The zero-order valence-electron chi connectivity index (χ0n) is 17.2. The Morgan fingerprint density at radius 3 is 1.47 bits per heavy atom. The van der Waals surface area contributed by atoms with Gasteiger partial charge in [0.1, 0.15) is 18.3 Å². The summed E-state index contributed by atoms with van der Waals surface area (Å²) in [6.07, 6.45) is -8.66. The number of hydrogen-bond donors (Lipinski definition) is 10. The molecule has 1 fully saturated rings. The molecule has 1 heterocycles. The molecule has 0 saturated carbocycles. The van der Waals surface area contributed by atoms with E-state index in [1.807, 2.05) is 0 Å². The monoisotopic (exact) mass is 468 g/mol. The van der Waals surface area contributed by atoms with Gasteiger partial charge in [0.05, 0.1) is 0 Å². The van der Waals surface area contributed by atoms with Crippen molar-refractivity contribution in [2.24, 2.45) is 22.9 Å². The summed E-state index contributed by atoms with van der Waals surface area (Å²) in [4.78, 5) is 43.0. The molecule has 15 heteroatoms. The minimum atomic E-state index is -2.01. The van der Waals surface area contributed by atoms with E-state index in [2.05, 4.69) is 11.5 Å². The predicted molar refractivity (Wildman–Crippen MR) is 105 cm³/mol. The van der Waals surface area contributed by atoms with E-state index in [-0.39, 0.29) is 13.0 Å². The number of hydrogen-bond acceptors (Lipinski definition) is 11. The fraction of sp³-hybridized carbons (Fsp3) is 0.765. The van der Waals surface area contributed by atoms with Gasteiger partial charge in [0.25, 0.3) is 5.91 Å². The lowest BCUT2D eigenvalue weighted by atomic mass is 9.83. The van der Waals surface area contributed by atoms with Crippen LogP contribution in [-0.2, 0) is 23.9 Å². The van der Waals surface area contributed by atoms with Gasteiger partial charge < -0.3 is 58.3 Å². The van der Waals surface area contributed by atoms with E-state index >= 15 is 0 Å². The number of carbonyl (C=O) groups excluding carboxylic acids is 4. The van der Waals surface area contributed by atoms with E-state index in [9.17, 15) is 34.5 Å².